The normalized spacial score (nSPS) is 12.3. The first-order chi connectivity index (χ1) is 14.5. The number of aryl methyl sites for hydroxylation is 2. The van der Waals surface area contributed by atoms with Crippen molar-refractivity contribution in [3.63, 3.8) is 0 Å². The van der Waals surface area contributed by atoms with Gasteiger partial charge in [0.25, 0.3) is 0 Å². The topological polar surface area (TPSA) is 67.4 Å². The molecule has 2 heterocycles. The zero-order valence-electron chi connectivity index (χ0n) is 18.9. The zero-order chi connectivity index (χ0) is 21.3. The van der Waals surface area contributed by atoms with Crippen LogP contribution >= 0.6 is 24.0 Å². The van der Waals surface area contributed by atoms with Gasteiger partial charge in [0.2, 0.25) is 0 Å². The Morgan fingerprint density at radius 2 is 1.90 bits per heavy atom. The fraction of sp³-hybridized carbons (Fsp3) is 0.417. The highest BCUT2D eigenvalue weighted by molar-refractivity contribution is 14.0. The van der Waals surface area contributed by atoms with Gasteiger partial charge in [0, 0.05) is 38.3 Å². The Hall–Kier alpha value is -2.29. The average molecular weight is 535 g/mol. The smallest absolute Gasteiger partial charge is 0.191 e. The van der Waals surface area contributed by atoms with E-state index in [4.69, 9.17) is 9.41 Å². The highest BCUT2D eigenvalue weighted by Crippen LogP contribution is 2.14. The number of nitrogens with one attached hydrogen (secondary N) is 2. The number of guanidine groups is 1. The lowest BCUT2D eigenvalue weighted by Crippen LogP contribution is -2.44. The number of hydrogen-bond acceptors (Lipinski definition) is 3. The molecule has 2 N–H and O–H groups in total. The highest BCUT2D eigenvalue weighted by Gasteiger charge is 2.14. The van der Waals surface area contributed by atoms with Gasteiger partial charge in [0.1, 0.15) is 5.76 Å². The summed E-state index contributed by atoms with van der Waals surface area (Å²) in [5.41, 5.74) is 4.93. The number of furan rings is 1. The largest absolute Gasteiger partial charge is 0.469 e. The van der Waals surface area contributed by atoms with Crippen molar-refractivity contribution in [2.75, 3.05) is 13.1 Å². The first-order valence-electron chi connectivity index (χ1n) is 10.6. The van der Waals surface area contributed by atoms with E-state index in [1.807, 2.05) is 29.9 Å². The van der Waals surface area contributed by atoms with Crippen LogP contribution in [0.5, 0.6) is 0 Å². The summed E-state index contributed by atoms with van der Waals surface area (Å²) >= 11 is 0. The minimum atomic E-state index is 0. The Bertz CT molecular complexity index is 935. The Balaban J connectivity index is 0.00000341. The third kappa shape index (κ3) is 7.72. The predicted molar refractivity (Wildman–Crippen MR) is 137 cm³/mol. The van der Waals surface area contributed by atoms with Crippen LogP contribution in [0.25, 0.3) is 0 Å². The molecule has 1 atom stereocenters. The van der Waals surface area contributed by atoms with Crippen LogP contribution in [-0.2, 0) is 26.3 Å². The average Bonchev–Trinajstić information content (AvgIpc) is 3.33. The first kappa shape index (κ1) is 25.0. The maximum absolute atomic E-state index is 5.42. The first-order valence-corrected chi connectivity index (χ1v) is 10.6. The van der Waals surface area contributed by atoms with E-state index in [0.717, 1.165) is 43.2 Å². The quantitative estimate of drug-likeness (QED) is 0.245. The van der Waals surface area contributed by atoms with Crippen LogP contribution in [0.3, 0.4) is 0 Å². The molecule has 0 fully saturated rings. The van der Waals surface area contributed by atoms with Gasteiger partial charge in [0.15, 0.2) is 5.96 Å². The van der Waals surface area contributed by atoms with Gasteiger partial charge in [-0.2, -0.15) is 5.10 Å². The summed E-state index contributed by atoms with van der Waals surface area (Å²) in [5.74, 6) is 1.79. The SMILES string of the molecule is Cc1nn(C)c(C)c1CC(C)NC(=NCCc1ccco1)NCCc1ccccc1.I. The maximum atomic E-state index is 5.42. The molecule has 0 spiro atoms. The van der Waals surface area contributed by atoms with Crippen LogP contribution in [0.15, 0.2) is 58.1 Å². The molecule has 3 aromatic rings. The molecule has 1 unspecified atom stereocenters. The third-order valence-electron chi connectivity index (χ3n) is 5.31. The van der Waals surface area contributed by atoms with E-state index < -0.39 is 0 Å². The molecule has 0 amide bonds. The van der Waals surface area contributed by atoms with Crippen molar-refractivity contribution in [3.8, 4) is 0 Å². The number of hydrogen-bond donors (Lipinski definition) is 2. The number of nitrogens with zero attached hydrogens (tertiary/aromatic N) is 3. The number of halogens is 1. The van der Waals surface area contributed by atoms with Gasteiger partial charge in [0.05, 0.1) is 12.0 Å². The van der Waals surface area contributed by atoms with Gasteiger partial charge in [-0.15, -0.1) is 24.0 Å². The van der Waals surface area contributed by atoms with Crippen LogP contribution in [-0.4, -0.2) is 34.9 Å². The number of benzene rings is 1. The van der Waals surface area contributed by atoms with Crippen molar-refractivity contribution in [2.45, 2.75) is 46.1 Å². The second-order valence-electron chi connectivity index (χ2n) is 7.74. The van der Waals surface area contributed by atoms with Gasteiger partial charge in [-0.25, -0.2) is 0 Å². The fourth-order valence-electron chi connectivity index (χ4n) is 3.56. The summed E-state index contributed by atoms with van der Waals surface area (Å²) in [6, 6.07) is 14.6. The second-order valence-corrected chi connectivity index (χ2v) is 7.74. The van der Waals surface area contributed by atoms with E-state index in [0.29, 0.717) is 6.54 Å². The number of aliphatic imine (C=N–C) groups is 1. The Labute approximate surface area is 202 Å². The van der Waals surface area contributed by atoms with Gasteiger partial charge in [-0.3, -0.25) is 9.67 Å². The van der Waals surface area contributed by atoms with Crippen molar-refractivity contribution in [1.29, 1.82) is 0 Å². The van der Waals surface area contributed by atoms with Crippen molar-refractivity contribution < 1.29 is 4.42 Å². The molecule has 0 aliphatic carbocycles. The molecule has 0 bridgehead atoms. The molecule has 7 heteroatoms. The second kappa shape index (κ2) is 12.5. The molecule has 0 aliphatic heterocycles. The van der Waals surface area contributed by atoms with E-state index in [9.17, 15) is 0 Å². The summed E-state index contributed by atoms with van der Waals surface area (Å²) in [4.78, 5) is 4.78. The van der Waals surface area contributed by atoms with E-state index in [1.165, 1.54) is 16.8 Å². The van der Waals surface area contributed by atoms with E-state index >= 15 is 0 Å². The van der Waals surface area contributed by atoms with Gasteiger partial charge in [-0.05, 0) is 56.9 Å². The molecule has 2 aromatic heterocycles. The summed E-state index contributed by atoms with van der Waals surface area (Å²) < 4.78 is 7.38. The fourth-order valence-corrected chi connectivity index (χ4v) is 3.56. The van der Waals surface area contributed by atoms with Gasteiger partial charge >= 0.3 is 0 Å². The van der Waals surface area contributed by atoms with Crippen LogP contribution in [0.4, 0.5) is 0 Å². The highest BCUT2D eigenvalue weighted by atomic mass is 127. The molecule has 3 rings (SSSR count). The summed E-state index contributed by atoms with van der Waals surface area (Å²) in [7, 11) is 2.00. The molecular formula is C24H34IN5O. The van der Waals surface area contributed by atoms with E-state index in [-0.39, 0.29) is 30.0 Å². The Morgan fingerprint density at radius 1 is 1.13 bits per heavy atom. The number of aromatic nitrogens is 2. The molecule has 0 radical (unpaired) electrons. The summed E-state index contributed by atoms with van der Waals surface area (Å²) in [5, 5.41) is 11.6. The van der Waals surface area contributed by atoms with E-state index in [1.54, 1.807) is 6.26 Å². The molecule has 31 heavy (non-hydrogen) atoms. The van der Waals surface area contributed by atoms with E-state index in [2.05, 4.69) is 60.8 Å². The van der Waals surface area contributed by atoms with Crippen LogP contribution in [0.1, 0.15) is 35.2 Å². The Morgan fingerprint density at radius 3 is 2.55 bits per heavy atom. The number of rotatable bonds is 9. The molecule has 1 aromatic carbocycles. The van der Waals surface area contributed by atoms with Crippen LogP contribution in [0.2, 0.25) is 0 Å². The lowest BCUT2D eigenvalue weighted by atomic mass is 10.1. The van der Waals surface area contributed by atoms with Gasteiger partial charge in [-0.1, -0.05) is 30.3 Å². The maximum Gasteiger partial charge on any atom is 0.191 e. The van der Waals surface area contributed by atoms with Crippen molar-refractivity contribution in [3.05, 3.63) is 77.0 Å². The Kier molecular flexibility index (Phi) is 10.1. The molecule has 0 saturated carbocycles. The summed E-state index contributed by atoms with van der Waals surface area (Å²) in [6.45, 7) is 7.89. The molecule has 0 aliphatic rings. The lowest BCUT2D eigenvalue weighted by Gasteiger charge is -2.19. The van der Waals surface area contributed by atoms with Crippen molar-refractivity contribution in [1.82, 2.24) is 20.4 Å². The lowest BCUT2D eigenvalue weighted by molar-refractivity contribution is 0.510. The third-order valence-corrected chi connectivity index (χ3v) is 5.31. The minimum Gasteiger partial charge on any atom is -0.469 e. The van der Waals surface area contributed by atoms with Crippen LogP contribution in [0, 0.1) is 13.8 Å². The molecular weight excluding hydrogens is 501 g/mol. The zero-order valence-corrected chi connectivity index (χ0v) is 21.2. The minimum absolute atomic E-state index is 0. The molecule has 0 saturated heterocycles. The van der Waals surface area contributed by atoms with Gasteiger partial charge < -0.3 is 15.1 Å². The molecule has 168 valence electrons. The molecule has 6 nitrogen and oxygen atoms in total. The standard InChI is InChI=1S/C24H33N5O.HI/c1-18(17-23-19(2)28-29(4)20(23)3)27-24(26-15-13-22-11-8-16-30-22)25-14-12-21-9-6-5-7-10-21;/h5-11,16,18H,12-15,17H2,1-4H3,(H2,25,26,27);1H. The predicted octanol–water partition coefficient (Wildman–Crippen LogP) is 4.20. The van der Waals surface area contributed by atoms with Crippen molar-refractivity contribution >= 4 is 29.9 Å². The van der Waals surface area contributed by atoms with Crippen molar-refractivity contribution in [2.24, 2.45) is 12.0 Å². The monoisotopic (exact) mass is 535 g/mol. The van der Waals surface area contributed by atoms with Crippen LogP contribution < -0.4 is 10.6 Å². The summed E-state index contributed by atoms with van der Waals surface area (Å²) in [6.07, 6.45) is 4.35.